The summed E-state index contributed by atoms with van der Waals surface area (Å²) in [4.78, 5) is 12.3. The summed E-state index contributed by atoms with van der Waals surface area (Å²) in [6, 6.07) is 21.0. The van der Waals surface area contributed by atoms with Gasteiger partial charge in [0.25, 0.3) is 20.0 Å². The number of ether oxygens (including phenoxy) is 1. The number of hydrogen-bond acceptors (Lipinski definition) is 6. The van der Waals surface area contributed by atoms with Crippen molar-refractivity contribution in [3.63, 3.8) is 0 Å². The van der Waals surface area contributed by atoms with Crippen LogP contribution in [-0.4, -0.2) is 29.7 Å². The van der Waals surface area contributed by atoms with Gasteiger partial charge in [-0.25, -0.2) is 16.8 Å². The number of benzene rings is 4. The molecule has 4 rings (SSSR count). The smallest absolute Gasteiger partial charge is 0.277 e. The van der Waals surface area contributed by atoms with Gasteiger partial charge in [-0.1, -0.05) is 35.3 Å². The zero-order chi connectivity index (χ0) is 29.1. The number of carbonyl (C=O) groups excluding carboxylic acids is 1. The lowest BCUT2D eigenvalue weighted by atomic mass is 10.1. The fourth-order valence-corrected chi connectivity index (χ4v) is 7.69. The summed E-state index contributed by atoms with van der Waals surface area (Å²) in [6.07, 6.45) is 3.03. The molecule has 11 heteroatoms. The zero-order valence-electron chi connectivity index (χ0n) is 21.3. The molecular formula is C29H23Cl2NO6S2. The topological polar surface area (TPSA) is 97.8 Å². The second-order valence-electron chi connectivity index (χ2n) is 8.58. The molecule has 0 atom stereocenters. The lowest BCUT2D eigenvalue weighted by Crippen LogP contribution is -2.37. The van der Waals surface area contributed by atoms with Crippen molar-refractivity contribution in [2.75, 3.05) is 10.8 Å². The minimum atomic E-state index is -4.63. The minimum absolute atomic E-state index is 0.186. The van der Waals surface area contributed by atoms with Crippen molar-refractivity contribution in [1.82, 2.24) is 0 Å². The molecule has 0 spiro atoms. The quantitative estimate of drug-likeness (QED) is 0.152. The van der Waals surface area contributed by atoms with E-state index < -0.39 is 20.0 Å². The SMILES string of the molecule is COc1ccc(C)c(/C=C/C(=O)c2ccc(N(S(=O)(=O)c3ccc(Cl)cc3)S(=O)(=O)c3ccc(Cl)cc3)cc2)c1. The van der Waals surface area contributed by atoms with Crippen molar-refractivity contribution >= 4 is 60.8 Å². The molecule has 0 fully saturated rings. The summed E-state index contributed by atoms with van der Waals surface area (Å²) in [5, 5.41) is 0.567. The Labute approximate surface area is 243 Å². The van der Waals surface area contributed by atoms with Crippen LogP contribution in [0.15, 0.2) is 107 Å². The highest BCUT2D eigenvalue weighted by atomic mass is 35.5. The Morgan fingerprint density at radius 2 is 1.25 bits per heavy atom. The average Bonchev–Trinajstić information content (AvgIpc) is 2.93. The lowest BCUT2D eigenvalue weighted by molar-refractivity contribution is 0.104. The Kier molecular flexibility index (Phi) is 8.70. The Balaban J connectivity index is 1.74. The van der Waals surface area contributed by atoms with Crippen molar-refractivity contribution in [2.24, 2.45) is 0 Å². The largest absolute Gasteiger partial charge is 0.497 e. The highest BCUT2D eigenvalue weighted by molar-refractivity contribution is 8.10. The third-order valence-electron chi connectivity index (χ3n) is 5.92. The fourth-order valence-electron chi connectivity index (χ4n) is 3.75. The number of rotatable bonds is 9. The number of nitrogens with zero attached hydrogens (tertiary/aromatic N) is 1. The van der Waals surface area contributed by atoms with Gasteiger partial charge in [-0.05, 0) is 109 Å². The molecule has 0 bridgehead atoms. The summed E-state index contributed by atoms with van der Waals surface area (Å²) >= 11 is 11.8. The zero-order valence-corrected chi connectivity index (χ0v) is 24.4. The third-order valence-corrected chi connectivity index (χ3v) is 10.6. The molecule has 0 radical (unpaired) electrons. The van der Waals surface area contributed by atoms with Gasteiger partial charge in [0.05, 0.1) is 22.6 Å². The Hall–Kier alpha value is -3.63. The highest BCUT2D eigenvalue weighted by Gasteiger charge is 2.37. The molecule has 0 saturated carbocycles. The average molecular weight is 617 g/mol. The van der Waals surface area contributed by atoms with Gasteiger partial charge in [-0.15, -0.1) is 0 Å². The maximum Gasteiger partial charge on any atom is 0.277 e. The molecule has 0 aliphatic carbocycles. The van der Waals surface area contributed by atoms with Gasteiger partial charge in [-0.2, -0.15) is 3.71 Å². The number of allylic oxidation sites excluding steroid dienone is 1. The summed E-state index contributed by atoms with van der Waals surface area (Å²) in [5.74, 6) is 0.285. The predicted octanol–water partition coefficient (Wildman–Crippen LogP) is 6.79. The van der Waals surface area contributed by atoms with Crippen molar-refractivity contribution in [3.05, 3.63) is 124 Å². The van der Waals surface area contributed by atoms with E-state index in [1.165, 1.54) is 78.9 Å². The molecule has 7 nitrogen and oxygen atoms in total. The van der Waals surface area contributed by atoms with E-state index in [1.54, 1.807) is 19.3 Å². The van der Waals surface area contributed by atoms with Gasteiger partial charge in [0, 0.05) is 15.6 Å². The third kappa shape index (κ3) is 6.23. The number of halogens is 2. The number of hydrogen-bond donors (Lipinski definition) is 0. The fraction of sp³-hybridized carbons (Fsp3) is 0.0690. The molecule has 0 saturated heterocycles. The van der Waals surface area contributed by atoms with Gasteiger partial charge in [0.1, 0.15) is 5.75 Å². The molecule has 4 aromatic carbocycles. The highest BCUT2D eigenvalue weighted by Crippen LogP contribution is 2.32. The number of sulfonamides is 2. The van der Waals surface area contributed by atoms with Crippen LogP contribution in [0.3, 0.4) is 0 Å². The molecular weight excluding hydrogens is 593 g/mol. The van der Waals surface area contributed by atoms with Crippen LogP contribution in [0.4, 0.5) is 5.69 Å². The molecule has 0 heterocycles. The van der Waals surface area contributed by atoms with E-state index >= 15 is 0 Å². The van der Waals surface area contributed by atoms with Crippen molar-refractivity contribution in [1.29, 1.82) is 0 Å². The predicted molar refractivity (Wildman–Crippen MR) is 157 cm³/mol. The van der Waals surface area contributed by atoms with Crippen LogP contribution in [0, 0.1) is 6.92 Å². The monoisotopic (exact) mass is 615 g/mol. The second kappa shape index (κ2) is 11.9. The van der Waals surface area contributed by atoms with Gasteiger partial charge in [-0.3, -0.25) is 4.79 Å². The van der Waals surface area contributed by atoms with Crippen LogP contribution < -0.4 is 8.45 Å². The molecule has 206 valence electrons. The van der Waals surface area contributed by atoms with E-state index in [4.69, 9.17) is 27.9 Å². The van der Waals surface area contributed by atoms with Gasteiger partial charge >= 0.3 is 0 Å². The van der Waals surface area contributed by atoms with Gasteiger partial charge < -0.3 is 4.74 Å². The van der Waals surface area contributed by atoms with Gasteiger partial charge in [0.15, 0.2) is 5.78 Å². The number of ketones is 1. The van der Waals surface area contributed by atoms with E-state index in [-0.39, 0.29) is 36.9 Å². The Morgan fingerprint density at radius 3 is 1.73 bits per heavy atom. The summed E-state index contributed by atoms with van der Waals surface area (Å²) in [5.41, 5.74) is 1.77. The summed E-state index contributed by atoms with van der Waals surface area (Å²) in [7, 11) is -7.72. The number of carbonyl (C=O) groups is 1. The van der Waals surface area contributed by atoms with Crippen LogP contribution >= 0.6 is 23.2 Å². The van der Waals surface area contributed by atoms with E-state index in [1.807, 2.05) is 19.1 Å². The van der Waals surface area contributed by atoms with Crippen LogP contribution in [0.25, 0.3) is 6.08 Å². The first-order valence-electron chi connectivity index (χ1n) is 11.7. The molecule has 0 N–H and O–H groups in total. The summed E-state index contributed by atoms with van der Waals surface area (Å²) in [6.45, 7) is 1.90. The first-order chi connectivity index (χ1) is 18.9. The molecule has 0 aliphatic heterocycles. The van der Waals surface area contributed by atoms with Crippen molar-refractivity contribution < 1.29 is 26.4 Å². The van der Waals surface area contributed by atoms with Crippen molar-refractivity contribution in [3.8, 4) is 5.75 Å². The van der Waals surface area contributed by atoms with Gasteiger partial charge in [0.2, 0.25) is 0 Å². The molecule has 0 aromatic heterocycles. The van der Waals surface area contributed by atoms with E-state index in [0.29, 0.717) is 9.46 Å². The minimum Gasteiger partial charge on any atom is -0.497 e. The number of methoxy groups -OCH3 is 1. The Bertz CT molecular complexity index is 1710. The first-order valence-corrected chi connectivity index (χ1v) is 15.4. The van der Waals surface area contributed by atoms with Crippen LogP contribution in [0.5, 0.6) is 5.75 Å². The van der Waals surface area contributed by atoms with Crippen LogP contribution in [0.1, 0.15) is 21.5 Å². The maximum absolute atomic E-state index is 13.7. The lowest BCUT2D eigenvalue weighted by Gasteiger charge is -2.24. The maximum atomic E-state index is 13.7. The van der Waals surface area contributed by atoms with Crippen molar-refractivity contribution in [2.45, 2.75) is 16.7 Å². The van der Waals surface area contributed by atoms with E-state index in [2.05, 4.69) is 0 Å². The van der Waals surface area contributed by atoms with Crippen LogP contribution in [0.2, 0.25) is 10.0 Å². The van der Waals surface area contributed by atoms with Crippen LogP contribution in [-0.2, 0) is 20.0 Å². The number of aryl methyl sites for hydroxylation is 1. The summed E-state index contributed by atoms with van der Waals surface area (Å²) < 4.78 is 60.3. The van der Waals surface area contributed by atoms with E-state index in [9.17, 15) is 21.6 Å². The first kappa shape index (κ1) is 29.4. The number of anilines is 1. The second-order valence-corrected chi connectivity index (χ2v) is 13.3. The van der Waals surface area contributed by atoms with E-state index in [0.717, 1.165) is 11.1 Å². The molecule has 0 aliphatic rings. The molecule has 40 heavy (non-hydrogen) atoms. The molecule has 0 unspecified atom stereocenters. The Morgan fingerprint density at radius 1 is 0.750 bits per heavy atom. The molecule has 0 amide bonds. The normalized spacial score (nSPS) is 11.9. The standard InChI is InChI=1S/C29H23Cl2NO6S2/c1-20-3-13-26(38-2)19-22(20)6-18-29(33)21-4-11-25(12-5-21)32(39(34,35)27-14-7-23(30)8-15-27)40(36,37)28-16-9-24(31)10-17-28/h3-19H,1-2H3/b18-6+. The molecule has 4 aromatic rings.